The average Bonchev–Trinajstić information content (AvgIpc) is 3.18. The maximum Gasteiger partial charge on any atom is 0.251 e. The van der Waals surface area contributed by atoms with Crippen LogP contribution in [0.4, 0.5) is 0 Å². The van der Waals surface area contributed by atoms with Crippen molar-refractivity contribution in [2.24, 2.45) is 4.99 Å². The molecule has 0 radical (unpaired) electrons. The standard InChI is InChI=1S/C22H33N5O2/c1-6-7-12-24-20(28)17-10-8-16(9-11-17)13-26-21(23-5)27-15-19-25-14-18(29-19)22(2,3)4/h8-11,14H,6-7,12-13,15H2,1-5H3,(H,24,28)(H2,23,26,27). The van der Waals surface area contributed by atoms with E-state index < -0.39 is 0 Å². The zero-order valence-electron chi connectivity index (χ0n) is 18.1. The molecule has 1 aromatic heterocycles. The van der Waals surface area contributed by atoms with Crippen LogP contribution in [-0.4, -0.2) is 30.4 Å². The number of hydrogen-bond acceptors (Lipinski definition) is 4. The van der Waals surface area contributed by atoms with Gasteiger partial charge in [0, 0.05) is 31.1 Å². The van der Waals surface area contributed by atoms with Gasteiger partial charge in [-0.1, -0.05) is 46.2 Å². The first-order chi connectivity index (χ1) is 13.8. The molecule has 0 aliphatic rings. The van der Waals surface area contributed by atoms with Crippen LogP contribution in [0.3, 0.4) is 0 Å². The number of guanidine groups is 1. The van der Waals surface area contributed by atoms with Gasteiger partial charge in [0.05, 0.1) is 12.7 Å². The van der Waals surface area contributed by atoms with Crippen LogP contribution in [0.1, 0.15) is 68.1 Å². The summed E-state index contributed by atoms with van der Waals surface area (Å²) in [4.78, 5) is 20.6. The molecular weight excluding hydrogens is 366 g/mol. The molecular formula is C22H33N5O2. The van der Waals surface area contributed by atoms with E-state index in [9.17, 15) is 4.79 Å². The van der Waals surface area contributed by atoms with Gasteiger partial charge in [0.1, 0.15) is 5.76 Å². The summed E-state index contributed by atoms with van der Waals surface area (Å²) in [7, 11) is 1.72. The fourth-order valence-corrected chi connectivity index (χ4v) is 2.56. The summed E-state index contributed by atoms with van der Waals surface area (Å²) in [5.74, 6) is 2.10. The van der Waals surface area contributed by atoms with Crippen molar-refractivity contribution in [2.75, 3.05) is 13.6 Å². The summed E-state index contributed by atoms with van der Waals surface area (Å²) in [5.41, 5.74) is 1.67. The van der Waals surface area contributed by atoms with E-state index >= 15 is 0 Å². The van der Waals surface area contributed by atoms with Gasteiger partial charge in [-0.2, -0.15) is 0 Å². The molecule has 1 heterocycles. The summed E-state index contributed by atoms with van der Waals surface area (Å²) in [6.07, 6.45) is 3.83. The van der Waals surface area contributed by atoms with Crippen LogP contribution in [-0.2, 0) is 18.5 Å². The highest BCUT2D eigenvalue weighted by Crippen LogP contribution is 2.22. The second kappa shape index (κ2) is 10.6. The summed E-state index contributed by atoms with van der Waals surface area (Å²) < 4.78 is 5.78. The van der Waals surface area contributed by atoms with E-state index in [2.05, 4.69) is 53.6 Å². The molecule has 1 aromatic carbocycles. The average molecular weight is 400 g/mol. The van der Waals surface area contributed by atoms with Crippen molar-refractivity contribution in [3.63, 3.8) is 0 Å². The summed E-state index contributed by atoms with van der Waals surface area (Å²) in [6, 6.07) is 7.57. The zero-order chi connectivity index (χ0) is 21.3. The monoisotopic (exact) mass is 399 g/mol. The van der Waals surface area contributed by atoms with E-state index in [-0.39, 0.29) is 11.3 Å². The molecule has 2 rings (SSSR count). The van der Waals surface area contributed by atoms with E-state index in [1.165, 1.54) is 0 Å². The zero-order valence-corrected chi connectivity index (χ0v) is 18.1. The SMILES string of the molecule is CCCCNC(=O)c1ccc(CNC(=NC)NCc2ncc(C(C)(C)C)o2)cc1. The van der Waals surface area contributed by atoms with Gasteiger partial charge in [0.2, 0.25) is 5.89 Å². The highest BCUT2D eigenvalue weighted by Gasteiger charge is 2.19. The Morgan fingerprint density at radius 1 is 1.10 bits per heavy atom. The van der Waals surface area contributed by atoms with Crippen molar-refractivity contribution in [3.8, 4) is 0 Å². The molecule has 0 bridgehead atoms. The quantitative estimate of drug-likeness (QED) is 0.360. The summed E-state index contributed by atoms with van der Waals surface area (Å²) in [5, 5.41) is 9.37. The van der Waals surface area contributed by atoms with Crippen molar-refractivity contribution in [3.05, 3.63) is 53.2 Å². The van der Waals surface area contributed by atoms with E-state index in [0.717, 1.165) is 24.2 Å². The maximum absolute atomic E-state index is 12.1. The lowest BCUT2D eigenvalue weighted by Crippen LogP contribution is -2.36. The number of aromatic nitrogens is 1. The van der Waals surface area contributed by atoms with Gasteiger partial charge in [-0.15, -0.1) is 0 Å². The maximum atomic E-state index is 12.1. The lowest BCUT2D eigenvalue weighted by atomic mass is 9.94. The van der Waals surface area contributed by atoms with Gasteiger partial charge in [0.25, 0.3) is 5.91 Å². The molecule has 2 aromatic rings. The molecule has 29 heavy (non-hydrogen) atoms. The van der Waals surface area contributed by atoms with Crippen molar-refractivity contribution >= 4 is 11.9 Å². The van der Waals surface area contributed by atoms with Crippen LogP contribution in [0, 0.1) is 0 Å². The predicted molar refractivity (Wildman–Crippen MR) is 116 cm³/mol. The Balaban J connectivity index is 1.81. The van der Waals surface area contributed by atoms with Crippen molar-refractivity contribution in [1.82, 2.24) is 20.9 Å². The second-order valence-corrected chi connectivity index (χ2v) is 7.95. The largest absolute Gasteiger partial charge is 0.443 e. The first kappa shape index (κ1) is 22.5. The van der Waals surface area contributed by atoms with Gasteiger partial charge in [0.15, 0.2) is 5.96 Å². The number of oxazole rings is 1. The van der Waals surface area contributed by atoms with E-state index in [4.69, 9.17) is 4.42 Å². The molecule has 0 saturated carbocycles. The Morgan fingerprint density at radius 2 is 1.79 bits per heavy atom. The normalized spacial score (nSPS) is 12.0. The Hall–Kier alpha value is -2.83. The number of nitrogens with one attached hydrogen (secondary N) is 3. The van der Waals surface area contributed by atoms with Crippen LogP contribution in [0.25, 0.3) is 0 Å². The molecule has 3 N–H and O–H groups in total. The van der Waals surface area contributed by atoms with Crippen LogP contribution < -0.4 is 16.0 Å². The number of amides is 1. The predicted octanol–water partition coefficient (Wildman–Crippen LogP) is 3.37. The molecule has 7 nitrogen and oxygen atoms in total. The number of hydrogen-bond donors (Lipinski definition) is 3. The molecule has 7 heteroatoms. The van der Waals surface area contributed by atoms with Crippen LogP contribution in [0.5, 0.6) is 0 Å². The smallest absolute Gasteiger partial charge is 0.251 e. The number of aliphatic imine (C=N–C) groups is 1. The fourth-order valence-electron chi connectivity index (χ4n) is 2.56. The third-order valence-corrected chi connectivity index (χ3v) is 4.42. The Morgan fingerprint density at radius 3 is 2.38 bits per heavy atom. The van der Waals surface area contributed by atoms with E-state index in [1.807, 2.05) is 24.3 Å². The number of unbranched alkanes of at least 4 members (excludes halogenated alkanes) is 1. The lowest BCUT2D eigenvalue weighted by Gasteiger charge is -2.13. The molecule has 0 fully saturated rings. The molecule has 0 aliphatic heterocycles. The molecule has 0 atom stereocenters. The van der Waals surface area contributed by atoms with Crippen LogP contribution >= 0.6 is 0 Å². The number of benzene rings is 1. The van der Waals surface area contributed by atoms with Gasteiger partial charge < -0.3 is 20.4 Å². The number of carbonyl (C=O) groups is 1. The van der Waals surface area contributed by atoms with Gasteiger partial charge in [-0.3, -0.25) is 9.79 Å². The van der Waals surface area contributed by atoms with Gasteiger partial charge >= 0.3 is 0 Å². The van der Waals surface area contributed by atoms with Crippen molar-refractivity contribution in [2.45, 2.75) is 59.0 Å². The van der Waals surface area contributed by atoms with Crippen molar-refractivity contribution < 1.29 is 9.21 Å². The molecule has 1 amide bonds. The molecule has 158 valence electrons. The molecule has 0 saturated heterocycles. The number of rotatable bonds is 8. The minimum absolute atomic E-state index is 0.0315. The minimum atomic E-state index is -0.0652. The summed E-state index contributed by atoms with van der Waals surface area (Å²) in [6.45, 7) is 10.1. The lowest BCUT2D eigenvalue weighted by molar-refractivity contribution is 0.0953. The van der Waals surface area contributed by atoms with Gasteiger partial charge in [-0.25, -0.2) is 4.98 Å². The van der Waals surface area contributed by atoms with Gasteiger partial charge in [-0.05, 0) is 24.1 Å². The first-order valence-corrected chi connectivity index (χ1v) is 10.1. The Bertz CT molecular complexity index is 803. The highest BCUT2D eigenvalue weighted by atomic mass is 16.4. The fraction of sp³-hybridized carbons (Fsp3) is 0.500. The highest BCUT2D eigenvalue weighted by molar-refractivity contribution is 5.94. The van der Waals surface area contributed by atoms with Crippen LogP contribution in [0.2, 0.25) is 0 Å². The molecule has 0 aliphatic carbocycles. The Kier molecular flexibility index (Phi) is 8.24. The Labute approximate surface area is 173 Å². The summed E-state index contributed by atoms with van der Waals surface area (Å²) >= 11 is 0. The molecule has 0 spiro atoms. The third kappa shape index (κ3) is 7.25. The van der Waals surface area contributed by atoms with E-state index in [0.29, 0.717) is 37.0 Å². The third-order valence-electron chi connectivity index (χ3n) is 4.42. The number of nitrogens with zero attached hydrogens (tertiary/aromatic N) is 2. The molecule has 0 unspecified atom stereocenters. The number of carbonyl (C=O) groups excluding carboxylic acids is 1. The van der Waals surface area contributed by atoms with E-state index in [1.54, 1.807) is 13.2 Å². The topological polar surface area (TPSA) is 91.5 Å². The first-order valence-electron chi connectivity index (χ1n) is 10.1. The second-order valence-electron chi connectivity index (χ2n) is 7.95. The van der Waals surface area contributed by atoms with Crippen molar-refractivity contribution in [1.29, 1.82) is 0 Å². The van der Waals surface area contributed by atoms with Crippen LogP contribution in [0.15, 0.2) is 39.9 Å². The minimum Gasteiger partial charge on any atom is -0.443 e.